The third-order valence-electron chi connectivity index (χ3n) is 3.43. The molecule has 1 heterocycles. The van der Waals surface area contributed by atoms with E-state index in [1.54, 1.807) is 0 Å². The molecule has 2 N–H and O–H groups in total. The molecule has 2 amide bonds. The predicted octanol–water partition coefficient (Wildman–Crippen LogP) is 2.65. The molecule has 2 aromatic rings. The molecule has 0 atom stereocenters. The summed E-state index contributed by atoms with van der Waals surface area (Å²) in [7, 11) is 0. The molecular formula is C17H15FN2O3. The Morgan fingerprint density at radius 3 is 2.78 bits per heavy atom. The second-order valence-electron chi connectivity index (χ2n) is 5.38. The van der Waals surface area contributed by atoms with Gasteiger partial charge in [0.1, 0.15) is 5.82 Å². The first kappa shape index (κ1) is 15.0. The average Bonchev–Trinajstić information content (AvgIpc) is 2.49. The maximum Gasteiger partial charge on any atom is 0.262 e. The van der Waals surface area contributed by atoms with Gasteiger partial charge in [-0.3, -0.25) is 9.59 Å². The first-order chi connectivity index (χ1) is 11.0. The van der Waals surface area contributed by atoms with Gasteiger partial charge in [0.15, 0.2) is 12.4 Å². The van der Waals surface area contributed by atoms with E-state index in [0.717, 1.165) is 17.2 Å². The van der Waals surface area contributed by atoms with E-state index < -0.39 is 5.82 Å². The normalized spacial score (nSPS) is 12.9. The lowest BCUT2D eigenvalue weighted by Gasteiger charge is -2.21. The lowest BCUT2D eigenvalue weighted by atomic mass is 10.1. The van der Waals surface area contributed by atoms with Crippen molar-refractivity contribution in [3.63, 3.8) is 0 Å². The molecule has 1 aliphatic heterocycles. The van der Waals surface area contributed by atoms with Crippen molar-refractivity contribution in [2.24, 2.45) is 0 Å². The summed E-state index contributed by atoms with van der Waals surface area (Å²) in [5.41, 5.74) is 2.38. The number of anilines is 2. The molecule has 6 heteroatoms. The Labute approximate surface area is 132 Å². The van der Waals surface area contributed by atoms with Crippen molar-refractivity contribution in [2.45, 2.75) is 13.3 Å². The molecule has 23 heavy (non-hydrogen) atoms. The standard InChI is InChI=1S/C17H15FN2O3/c1-10-2-4-11(5-3-10)6-15(21)19-13-7-12(18)8-14-17(13)23-9-16(22)20-14/h2-5,7-8H,6,9H2,1H3,(H,19,21)(H,20,22). The number of carbonyl (C=O) groups excluding carboxylic acids is 2. The number of halogens is 1. The van der Waals surface area contributed by atoms with Crippen molar-refractivity contribution in [3.05, 3.63) is 53.3 Å². The largest absolute Gasteiger partial charge is 0.479 e. The minimum absolute atomic E-state index is 0.165. The van der Waals surface area contributed by atoms with Crippen LogP contribution < -0.4 is 15.4 Å². The van der Waals surface area contributed by atoms with E-state index in [9.17, 15) is 14.0 Å². The number of ether oxygens (including phenoxy) is 1. The number of hydrogen-bond acceptors (Lipinski definition) is 3. The molecule has 1 aliphatic rings. The quantitative estimate of drug-likeness (QED) is 0.915. The maximum absolute atomic E-state index is 13.6. The number of aryl methyl sites for hydroxylation is 1. The summed E-state index contributed by atoms with van der Waals surface area (Å²) in [6.07, 6.45) is 0.165. The summed E-state index contributed by atoms with van der Waals surface area (Å²) in [5.74, 6) is -0.953. The number of rotatable bonds is 3. The number of benzene rings is 2. The second kappa shape index (κ2) is 6.08. The molecule has 3 rings (SSSR count). The summed E-state index contributed by atoms with van der Waals surface area (Å²) in [5, 5.41) is 5.15. The Morgan fingerprint density at radius 2 is 2.04 bits per heavy atom. The van der Waals surface area contributed by atoms with E-state index in [-0.39, 0.29) is 42.0 Å². The third kappa shape index (κ3) is 3.48. The van der Waals surface area contributed by atoms with Gasteiger partial charge in [-0.2, -0.15) is 0 Å². The predicted molar refractivity (Wildman–Crippen MR) is 84.0 cm³/mol. The topological polar surface area (TPSA) is 67.4 Å². The maximum atomic E-state index is 13.6. The highest BCUT2D eigenvalue weighted by Crippen LogP contribution is 2.36. The van der Waals surface area contributed by atoms with Gasteiger partial charge in [-0.1, -0.05) is 29.8 Å². The van der Waals surface area contributed by atoms with Crippen molar-refractivity contribution < 1.29 is 18.7 Å². The number of nitrogens with one attached hydrogen (secondary N) is 2. The molecule has 0 unspecified atom stereocenters. The van der Waals surface area contributed by atoms with Gasteiger partial charge < -0.3 is 15.4 Å². The summed E-state index contributed by atoms with van der Waals surface area (Å²) < 4.78 is 18.9. The van der Waals surface area contributed by atoms with Gasteiger partial charge in [0.05, 0.1) is 17.8 Å². The average molecular weight is 314 g/mol. The fraction of sp³-hybridized carbons (Fsp3) is 0.176. The van der Waals surface area contributed by atoms with Crippen LogP contribution in [-0.2, 0) is 16.0 Å². The van der Waals surface area contributed by atoms with Crippen LogP contribution in [0.1, 0.15) is 11.1 Å². The highest BCUT2D eigenvalue weighted by molar-refractivity contribution is 6.00. The summed E-state index contributed by atoms with van der Waals surface area (Å²) in [6, 6.07) is 9.90. The van der Waals surface area contributed by atoms with E-state index in [0.29, 0.717) is 0 Å². The Balaban J connectivity index is 1.78. The van der Waals surface area contributed by atoms with E-state index in [4.69, 9.17) is 4.74 Å². The molecule has 2 aromatic carbocycles. The zero-order chi connectivity index (χ0) is 16.4. The highest BCUT2D eigenvalue weighted by Gasteiger charge is 2.21. The van der Waals surface area contributed by atoms with Crippen LogP contribution in [0.3, 0.4) is 0 Å². The third-order valence-corrected chi connectivity index (χ3v) is 3.43. The zero-order valence-corrected chi connectivity index (χ0v) is 12.5. The van der Waals surface area contributed by atoms with E-state index >= 15 is 0 Å². The van der Waals surface area contributed by atoms with Crippen LogP contribution in [0.15, 0.2) is 36.4 Å². The molecule has 118 valence electrons. The van der Waals surface area contributed by atoms with E-state index in [1.165, 1.54) is 6.07 Å². The lowest BCUT2D eigenvalue weighted by Crippen LogP contribution is -2.26. The number of amides is 2. The van der Waals surface area contributed by atoms with Crippen molar-refractivity contribution in [1.82, 2.24) is 0 Å². The van der Waals surface area contributed by atoms with Crippen molar-refractivity contribution in [2.75, 3.05) is 17.2 Å². The smallest absolute Gasteiger partial charge is 0.262 e. The fourth-order valence-electron chi connectivity index (χ4n) is 2.34. The molecular weight excluding hydrogens is 299 g/mol. The van der Waals surface area contributed by atoms with Crippen LogP contribution >= 0.6 is 0 Å². The Morgan fingerprint density at radius 1 is 1.30 bits per heavy atom. The van der Waals surface area contributed by atoms with Gasteiger partial charge in [-0.25, -0.2) is 4.39 Å². The minimum atomic E-state index is -0.569. The lowest BCUT2D eigenvalue weighted by molar-refractivity contribution is -0.118. The van der Waals surface area contributed by atoms with Gasteiger partial charge in [-0.05, 0) is 12.5 Å². The monoisotopic (exact) mass is 314 g/mol. The van der Waals surface area contributed by atoms with Crippen molar-refractivity contribution >= 4 is 23.2 Å². The first-order valence-electron chi connectivity index (χ1n) is 7.13. The van der Waals surface area contributed by atoms with Crippen LogP contribution in [0.4, 0.5) is 15.8 Å². The van der Waals surface area contributed by atoms with Crippen LogP contribution in [0.5, 0.6) is 5.75 Å². The van der Waals surface area contributed by atoms with Crippen LogP contribution in [0.2, 0.25) is 0 Å². The fourth-order valence-corrected chi connectivity index (χ4v) is 2.34. The van der Waals surface area contributed by atoms with Gasteiger partial charge >= 0.3 is 0 Å². The summed E-state index contributed by atoms with van der Waals surface area (Å²) in [6.45, 7) is 1.80. The van der Waals surface area contributed by atoms with Crippen molar-refractivity contribution in [3.8, 4) is 5.75 Å². The zero-order valence-electron chi connectivity index (χ0n) is 12.5. The molecule has 0 saturated carbocycles. The molecule has 0 radical (unpaired) electrons. The van der Waals surface area contributed by atoms with Crippen LogP contribution in [-0.4, -0.2) is 18.4 Å². The summed E-state index contributed by atoms with van der Waals surface area (Å²) >= 11 is 0. The Bertz CT molecular complexity index is 772. The molecule has 0 spiro atoms. The van der Waals surface area contributed by atoms with Crippen LogP contribution in [0.25, 0.3) is 0 Å². The molecule has 0 fully saturated rings. The Hall–Kier alpha value is -2.89. The van der Waals surface area contributed by atoms with Gasteiger partial charge in [0, 0.05) is 12.1 Å². The molecule has 0 aliphatic carbocycles. The summed E-state index contributed by atoms with van der Waals surface area (Å²) in [4.78, 5) is 23.4. The van der Waals surface area contributed by atoms with Crippen molar-refractivity contribution in [1.29, 1.82) is 0 Å². The van der Waals surface area contributed by atoms with Gasteiger partial charge in [-0.15, -0.1) is 0 Å². The highest BCUT2D eigenvalue weighted by atomic mass is 19.1. The van der Waals surface area contributed by atoms with Gasteiger partial charge in [0.25, 0.3) is 5.91 Å². The number of carbonyl (C=O) groups is 2. The minimum Gasteiger partial charge on any atom is -0.479 e. The molecule has 0 saturated heterocycles. The molecule has 0 bridgehead atoms. The second-order valence-corrected chi connectivity index (χ2v) is 5.38. The number of fused-ring (bicyclic) bond motifs is 1. The van der Waals surface area contributed by atoms with E-state index in [1.807, 2.05) is 31.2 Å². The first-order valence-corrected chi connectivity index (χ1v) is 7.13. The van der Waals surface area contributed by atoms with Crippen LogP contribution in [0, 0.1) is 12.7 Å². The Kier molecular flexibility index (Phi) is 3.97. The molecule has 5 nitrogen and oxygen atoms in total. The molecule has 0 aromatic heterocycles. The number of hydrogen-bond donors (Lipinski definition) is 2. The van der Waals surface area contributed by atoms with Gasteiger partial charge in [0.2, 0.25) is 5.91 Å². The van der Waals surface area contributed by atoms with E-state index in [2.05, 4.69) is 10.6 Å². The SMILES string of the molecule is Cc1ccc(CC(=O)Nc2cc(F)cc3c2OCC(=O)N3)cc1.